The van der Waals surface area contributed by atoms with E-state index in [2.05, 4.69) is 50.4 Å². The third-order valence-corrected chi connectivity index (χ3v) is 4.83. The molecule has 1 aromatic rings. The van der Waals surface area contributed by atoms with Crippen molar-refractivity contribution in [1.29, 1.82) is 0 Å². The van der Waals surface area contributed by atoms with Crippen molar-refractivity contribution in [1.82, 2.24) is 0 Å². The first-order chi connectivity index (χ1) is 11.2. The molecule has 0 heterocycles. The SMILES string of the molecule is CCCCCCCCCCC(N)C(CC)Nc1ccccc1C. The summed E-state index contributed by atoms with van der Waals surface area (Å²) < 4.78 is 0. The van der Waals surface area contributed by atoms with Crippen LogP contribution in [0.25, 0.3) is 0 Å². The Labute approximate surface area is 144 Å². The van der Waals surface area contributed by atoms with Crippen molar-refractivity contribution in [3.63, 3.8) is 0 Å². The van der Waals surface area contributed by atoms with Gasteiger partial charge in [-0.25, -0.2) is 0 Å². The number of benzene rings is 1. The van der Waals surface area contributed by atoms with Crippen molar-refractivity contribution >= 4 is 5.69 Å². The molecule has 1 rings (SSSR count). The van der Waals surface area contributed by atoms with E-state index in [1.54, 1.807) is 0 Å². The number of unbranched alkanes of at least 4 members (excludes halogenated alkanes) is 7. The van der Waals surface area contributed by atoms with Crippen LogP contribution in [0.2, 0.25) is 0 Å². The van der Waals surface area contributed by atoms with Gasteiger partial charge >= 0.3 is 0 Å². The Morgan fingerprint density at radius 2 is 1.52 bits per heavy atom. The lowest BCUT2D eigenvalue weighted by molar-refractivity contribution is 0.474. The Bertz CT molecular complexity index is 403. The lowest BCUT2D eigenvalue weighted by Crippen LogP contribution is -2.40. The number of aryl methyl sites for hydroxylation is 1. The van der Waals surface area contributed by atoms with Gasteiger partial charge in [0.25, 0.3) is 0 Å². The highest BCUT2D eigenvalue weighted by molar-refractivity contribution is 5.51. The second kappa shape index (κ2) is 12.4. The van der Waals surface area contributed by atoms with Crippen molar-refractivity contribution < 1.29 is 0 Å². The monoisotopic (exact) mass is 318 g/mol. The van der Waals surface area contributed by atoms with Crippen LogP contribution in [0.5, 0.6) is 0 Å². The number of nitrogens with one attached hydrogen (secondary N) is 1. The first-order valence-electron chi connectivity index (χ1n) is 9.76. The molecule has 0 aliphatic heterocycles. The van der Waals surface area contributed by atoms with Crippen molar-refractivity contribution in [2.24, 2.45) is 5.73 Å². The zero-order valence-corrected chi connectivity index (χ0v) is 15.6. The second-order valence-electron chi connectivity index (χ2n) is 6.90. The number of anilines is 1. The molecular formula is C21H38N2. The summed E-state index contributed by atoms with van der Waals surface area (Å²) in [4.78, 5) is 0. The van der Waals surface area contributed by atoms with Gasteiger partial charge in [0.2, 0.25) is 0 Å². The molecule has 0 aliphatic carbocycles. The van der Waals surface area contributed by atoms with E-state index in [1.165, 1.54) is 62.6 Å². The molecule has 2 atom stereocenters. The summed E-state index contributed by atoms with van der Waals surface area (Å²) in [5, 5.41) is 3.65. The van der Waals surface area contributed by atoms with Gasteiger partial charge in [-0.15, -0.1) is 0 Å². The first kappa shape index (κ1) is 20.0. The van der Waals surface area contributed by atoms with Crippen molar-refractivity contribution in [3.8, 4) is 0 Å². The highest BCUT2D eigenvalue weighted by atomic mass is 15.0. The van der Waals surface area contributed by atoms with Crippen LogP contribution in [0, 0.1) is 6.92 Å². The standard InChI is InChI=1S/C21H38N2/c1-4-6-7-8-9-10-11-12-16-19(22)20(5-2)23-21-17-14-13-15-18(21)3/h13-15,17,19-20,23H,4-12,16,22H2,1-3H3. The molecule has 3 N–H and O–H groups in total. The second-order valence-corrected chi connectivity index (χ2v) is 6.90. The molecule has 2 heteroatoms. The number of rotatable bonds is 13. The van der Waals surface area contributed by atoms with E-state index in [1.807, 2.05) is 0 Å². The fourth-order valence-corrected chi connectivity index (χ4v) is 3.16. The van der Waals surface area contributed by atoms with E-state index in [9.17, 15) is 0 Å². The van der Waals surface area contributed by atoms with Crippen LogP contribution in [0.3, 0.4) is 0 Å². The maximum absolute atomic E-state index is 6.44. The Kier molecular flexibility index (Phi) is 10.8. The Morgan fingerprint density at radius 1 is 0.913 bits per heavy atom. The summed E-state index contributed by atoms with van der Waals surface area (Å²) >= 11 is 0. The van der Waals surface area contributed by atoms with E-state index >= 15 is 0 Å². The predicted octanol–water partition coefficient (Wildman–Crippen LogP) is 6.04. The Balaban J connectivity index is 2.21. The fourth-order valence-electron chi connectivity index (χ4n) is 3.16. The van der Waals surface area contributed by atoms with Crippen LogP contribution in [0.1, 0.15) is 83.6 Å². The van der Waals surface area contributed by atoms with E-state index in [4.69, 9.17) is 5.73 Å². The van der Waals surface area contributed by atoms with Gasteiger partial charge in [-0.05, 0) is 31.4 Å². The molecule has 0 bridgehead atoms. The average molecular weight is 319 g/mol. The highest BCUT2D eigenvalue weighted by Crippen LogP contribution is 2.18. The molecule has 0 saturated carbocycles. The zero-order valence-electron chi connectivity index (χ0n) is 15.6. The van der Waals surface area contributed by atoms with E-state index in [-0.39, 0.29) is 6.04 Å². The maximum Gasteiger partial charge on any atom is 0.0409 e. The molecule has 0 spiro atoms. The Hall–Kier alpha value is -1.02. The molecular weight excluding hydrogens is 280 g/mol. The molecule has 0 radical (unpaired) electrons. The smallest absolute Gasteiger partial charge is 0.0409 e. The molecule has 0 aliphatic rings. The molecule has 2 nitrogen and oxygen atoms in total. The Morgan fingerprint density at radius 3 is 2.13 bits per heavy atom. The van der Waals surface area contributed by atoms with Crippen molar-refractivity contribution in [2.75, 3.05) is 5.32 Å². The van der Waals surface area contributed by atoms with Gasteiger partial charge in [0.15, 0.2) is 0 Å². The summed E-state index contributed by atoms with van der Waals surface area (Å²) in [6, 6.07) is 9.11. The van der Waals surface area contributed by atoms with Crippen molar-refractivity contribution in [3.05, 3.63) is 29.8 Å². The molecule has 23 heavy (non-hydrogen) atoms. The zero-order chi connectivity index (χ0) is 16.9. The highest BCUT2D eigenvalue weighted by Gasteiger charge is 2.15. The normalized spacial score (nSPS) is 13.7. The topological polar surface area (TPSA) is 38.0 Å². The summed E-state index contributed by atoms with van der Waals surface area (Å²) in [6.45, 7) is 6.65. The fraction of sp³-hybridized carbons (Fsp3) is 0.714. The summed E-state index contributed by atoms with van der Waals surface area (Å²) in [6.07, 6.45) is 13.1. The first-order valence-corrected chi connectivity index (χ1v) is 9.76. The van der Waals surface area contributed by atoms with Crippen molar-refractivity contribution in [2.45, 2.75) is 97.1 Å². The molecule has 0 aromatic heterocycles. The summed E-state index contributed by atoms with van der Waals surface area (Å²) in [5.74, 6) is 0. The van der Waals surface area contributed by atoms with Gasteiger partial charge in [-0.3, -0.25) is 0 Å². The van der Waals surface area contributed by atoms with Crippen LogP contribution in [0.4, 0.5) is 5.69 Å². The predicted molar refractivity (Wildman–Crippen MR) is 104 cm³/mol. The molecule has 0 amide bonds. The third-order valence-electron chi connectivity index (χ3n) is 4.83. The average Bonchev–Trinajstić information content (AvgIpc) is 2.56. The molecule has 132 valence electrons. The number of hydrogen-bond donors (Lipinski definition) is 2. The van der Waals surface area contributed by atoms with Crippen LogP contribution >= 0.6 is 0 Å². The minimum absolute atomic E-state index is 0.250. The molecule has 1 aromatic carbocycles. The van der Waals surface area contributed by atoms with Crippen LogP contribution in [-0.2, 0) is 0 Å². The quantitative estimate of drug-likeness (QED) is 0.435. The summed E-state index contributed by atoms with van der Waals surface area (Å²) in [5.41, 5.74) is 8.97. The molecule has 0 fully saturated rings. The van der Waals surface area contributed by atoms with Crippen LogP contribution < -0.4 is 11.1 Å². The molecule has 2 unspecified atom stereocenters. The number of nitrogens with two attached hydrogens (primary N) is 1. The van der Waals surface area contributed by atoms with Gasteiger partial charge in [0, 0.05) is 17.8 Å². The van der Waals surface area contributed by atoms with Gasteiger partial charge < -0.3 is 11.1 Å². The lowest BCUT2D eigenvalue weighted by Gasteiger charge is -2.26. The van der Waals surface area contributed by atoms with E-state index in [0.717, 1.165) is 12.8 Å². The number of hydrogen-bond acceptors (Lipinski definition) is 2. The lowest BCUT2D eigenvalue weighted by atomic mass is 9.98. The van der Waals surface area contributed by atoms with Gasteiger partial charge in [0.05, 0.1) is 0 Å². The van der Waals surface area contributed by atoms with Gasteiger partial charge in [-0.1, -0.05) is 83.4 Å². The minimum Gasteiger partial charge on any atom is -0.381 e. The van der Waals surface area contributed by atoms with Crippen LogP contribution in [0.15, 0.2) is 24.3 Å². The maximum atomic E-state index is 6.44. The minimum atomic E-state index is 0.250. The largest absolute Gasteiger partial charge is 0.381 e. The van der Waals surface area contributed by atoms with Gasteiger partial charge in [0.1, 0.15) is 0 Å². The summed E-state index contributed by atoms with van der Waals surface area (Å²) in [7, 11) is 0. The van der Waals surface area contributed by atoms with Gasteiger partial charge in [-0.2, -0.15) is 0 Å². The van der Waals surface area contributed by atoms with E-state index in [0.29, 0.717) is 6.04 Å². The van der Waals surface area contributed by atoms with E-state index < -0.39 is 0 Å². The number of para-hydroxylation sites is 1. The molecule has 0 saturated heterocycles. The third kappa shape index (κ3) is 8.41. The van der Waals surface area contributed by atoms with Crippen LogP contribution in [-0.4, -0.2) is 12.1 Å².